The Hall–Kier alpha value is -2.77. The molecule has 1 aromatic carbocycles. The summed E-state index contributed by atoms with van der Waals surface area (Å²) in [5.41, 5.74) is 0.230. The number of hydrogen-bond donors (Lipinski definition) is 2. The number of amides is 3. The summed E-state index contributed by atoms with van der Waals surface area (Å²) < 4.78 is 15.2. The van der Waals surface area contributed by atoms with Crippen molar-refractivity contribution in [3.8, 4) is 11.5 Å². The largest absolute Gasteiger partial charge is 0.454 e. The van der Waals surface area contributed by atoms with E-state index in [1.54, 1.807) is 6.07 Å². The van der Waals surface area contributed by atoms with E-state index >= 15 is 0 Å². The minimum Gasteiger partial charge on any atom is -0.454 e. The quantitative estimate of drug-likeness (QED) is 0.762. The molecule has 130 valence electrons. The number of carbonyl (C=O) groups excluding carboxylic acids is 3. The van der Waals surface area contributed by atoms with E-state index in [0.29, 0.717) is 24.0 Å². The van der Waals surface area contributed by atoms with E-state index in [9.17, 15) is 14.4 Å². The maximum Gasteiger partial charge on any atom is 0.338 e. The molecule has 0 radical (unpaired) electrons. The van der Waals surface area contributed by atoms with Gasteiger partial charge in [-0.3, -0.25) is 10.1 Å². The average molecular weight is 336 g/mol. The Morgan fingerprint density at radius 2 is 1.96 bits per heavy atom. The molecule has 1 aliphatic rings. The molecule has 8 nitrogen and oxygen atoms in total. The summed E-state index contributed by atoms with van der Waals surface area (Å²) >= 11 is 0. The SMILES string of the molecule is CC(C)CCNC(=O)NC(=O)COC(=O)c1ccc2c(c1)OCO2. The van der Waals surface area contributed by atoms with Crippen molar-refractivity contribution in [2.24, 2.45) is 5.92 Å². The predicted octanol–water partition coefficient (Wildman–Crippen LogP) is 1.44. The smallest absolute Gasteiger partial charge is 0.338 e. The molecule has 3 amide bonds. The number of fused-ring (bicyclic) bond motifs is 1. The highest BCUT2D eigenvalue weighted by Gasteiger charge is 2.18. The van der Waals surface area contributed by atoms with Gasteiger partial charge < -0.3 is 19.5 Å². The number of benzene rings is 1. The minimum absolute atomic E-state index is 0.0994. The molecule has 8 heteroatoms. The van der Waals surface area contributed by atoms with Crippen LogP contribution in [0.4, 0.5) is 4.79 Å². The zero-order valence-electron chi connectivity index (χ0n) is 13.6. The first-order valence-corrected chi connectivity index (χ1v) is 7.60. The lowest BCUT2D eigenvalue weighted by molar-refractivity contribution is -0.123. The molecule has 0 atom stereocenters. The molecule has 24 heavy (non-hydrogen) atoms. The van der Waals surface area contributed by atoms with Crippen LogP contribution < -0.4 is 20.1 Å². The summed E-state index contributed by atoms with van der Waals surface area (Å²) in [7, 11) is 0. The summed E-state index contributed by atoms with van der Waals surface area (Å²) in [6.45, 7) is 4.07. The van der Waals surface area contributed by atoms with Crippen molar-refractivity contribution in [1.82, 2.24) is 10.6 Å². The number of esters is 1. The van der Waals surface area contributed by atoms with Crippen molar-refractivity contribution in [3.05, 3.63) is 23.8 Å². The molecule has 1 aromatic rings. The highest BCUT2D eigenvalue weighted by molar-refractivity contribution is 5.97. The molecule has 1 heterocycles. The van der Waals surface area contributed by atoms with Crippen LogP contribution in [0.2, 0.25) is 0 Å². The van der Waals surface area contributed by atoms with Crippen LogP contribution >= 0.6 is 0 Å². The molecular weight excluding hydrogens is 316 g/mol. The molecule has 1 aliphatic heterocycles. The fourth-order valence-corrected chi connectivity index (χ4v) is 1.92. The van der Waals surface area contributed by atoms with Crippen LogP contribution in [0.25, 0.3) is 0 Å². The second-order valence-electron chi connectivity index (χ2n) is 5.63. The van der Waals surface area contributed by atoms with Crippen molar-refractivity contribution in [2.75, 3.05) is 19.9 Å². The van der Waals surface area contributed by atoms with Crippen molar-refractivity contribution >= 4 is 17.9 Å². The zero-order chi connectivity index (χ0) is 17.5. The van der Waals surface area contributed by atoms with Gasteiger partial charge in [-0.2, -0.15) is 0 Å². The number of rotatable bonds is 6. The van der Waals surface area contributed by atoms with Gasteiger partial charge in [-0.1, -0.05) is 13.8 Å². The normalized spacial score (nSPS) is 12.0. The van der Waals surface area contributed by atoms with Gasteiger partial charge in [0.2, 0.25) is 6.79 Å². The summed E-state index contributed by atoms with van der Waals surface area (Å²) in [5, 5.41) is 4.64. The molecule has 0 bridgehead atoms. The average Bonchev–Trinajstić information content (AvgIpc) is 2.99. The lowest BCUT2D eigenvalue weighted by atomic mass is 10.1. The monoisotopic (exact) mass is 336 g/mol. The fraction of sp³-hybridized carbons (Fsp3) is 0.438. The zero-order valence-corrected chi connectivity index (χ0v) is 13.6. The number of ether oxygens (including phenoxy) is 3. The summed E-state index contributed by atoms with van der Waals surface area (Å²) in [4.78, 5) is 34.9. The molecule has 0 aromatic heterocycles. The van der Waals surface area contributed by atoms with Gasteiger partial charge in [-0.25, -0.2) is 9.59 Å². The van der Waals surface area contributed by atoms with E-state index in [1.807, 2.05) is 13.8 Å². The van der Waals surface area contributed by atoms with Crippen LogP contribution in [-0.4, -0.2) is 37.9 Å². The Kier molecular flexibility index (Phi) is 6.00. The van der Waals surface area contributed by atoms with E-state index in [4.69, 9.17) is 14.2 Å². The van der Waals surface area contributed by atoms with E-state index < -0.39 is 24.5 Å². The van der Waals surface area contributed by atoms with Crippen LogP contribution in [0, 0.1) is 5.92 Å². The van der Waals surface area contributed by atoms with Crippen molar-refractivity contribution < 1.29 is 28.6 Å². The maximum absolute atomic E-state index is 11.9. The first-order valence-electron chi connectivity index (χ1n) is 7.60. The Morgan fingerprint density at radius 1 is 1.21 bits per heavy atom. The minimum atomic E-state index is -0.703. The summed E-state index contributed by atoms with van der Waals surface area (Å²) in [6.07, 6.45) is 0.806. The molecule has 0 spiro atoms. The lowest BCUT2D eigenvalue weighted by Crippen LogP contribution is -2.41. The van der Waals surface area contributed by atoms with E-state index in [0.717, 1.165) is 6.42 Å². The number of urea groups is 1. The number of carbonyl (C=O) groups is 3. The Balaban J connectivity index is 1.73. The van der Waals surface area contributed by atoms with Crippen LogP contribution in [0.15, 0.2) is 18.2 Å². The number of imide groups is 1. The fourth-order valence-electron chi connectivity index (χ4n) is 1.92. The van der Waals surface area contributed by atoms with Gasteiger partial charge in [-0.05, 0) is 30.5 Å². The lowest BCUT2D eigenvalue weighted by Gasteiger charge is -2.08. The second-order valence-corrected chi connectivity index (χ2v) is 5.63. The van der Waals surface area contributed by atoms with Crippen molar-refractivity contribution in [3.63, 3.8) is 0 Å². The topological polar surface area (TPSA) is 103 Å². The van der Waals surface area contributed by atoms with Crippen LogP contribution in [0.1, 0.15) is 30.6 Å². The predicted molar refractivity (Wildman–Crippen MR) is 83.8 cm³/mol. The molecule has 2 N–H and O–H groups in total. The van der Waals surface area contributed by atoms with Crippen molar-refractivity contribution in [1.29, 1.82) is 0 Å². The third kappa shape index (κ3) is 5.15. The second kappa shape index (κ2) is 8.19. The molecule has 0 saturated carbocycles. The van der Waals surface area contributed by atoms with E-state index in [1.165, 1.54) is 12.1 Å². The van der Waals surface area contributed by atoms with Gasteiger partial charge >= 0.3 is 12.0 Å². The molecular formula is C16H20N2O6. The number of hydrogen-bond acceptors (Lipinski definition) is 6. The summed E-state index contributed by atoms with van der Waals surface area (Å²) in [6, 6.07) is 3.95. The molecule has 0 aliphatic carbocycles. The molecule has 0 saturated heterocycles. The van der Waals surface area contributed by atoms with Crippen molar-refractivity contribution in [2.45, 2.75) is 20.3 Å². The highest BCUT2D eigenvalue weighted by Crippen LogP contribution is 2.32. The van der Waals surface area contributed by atoms with Crippen LogP contribution in [0.3, 0.4) is 0 Å². The van der Waals surface area contributed by atoms with Gasteiger partial charge in [0.25, 0.3) is 5.91 Å². The van der Waals surface area contributed by atoms with Gasteiger partial charge in [-0.15, -0.1) is 0 Å². The third-order valence-electron chi connectivity index (χ3n) is 3.20. The molecule has 0 fully saturated rings. The Labute approximate surface area is 139 Å². The standard InChI is InChI=1S/C16H20N2O6/c1-10(2)5-6-17-16(21)18-14(19)8-22-15(20)11-3-4-12-13(7-11)24-9-23-12/h3-4,7,10H,5-6,8-9H2,1-2H3,(H2,17,18,19,21). The summed E-state index contributed by atoms with van der Waals surface area (Å²) in [5.74, 6) is 0.0410. The van der Waals surface area contributed by atoms with Gasteiger partial charge in [0.1, 0.15) is 0 Å². The highest BCUT2D eigenvalue weighted by atomic mass is 16.7. The van der Waals surface area contributed by atoms with Crippen LogP contribution in [0.5, 0.6) is 11.5 Å². The van der Waals surface area contributed by atoms with Crippen LogP contribution in [-0.2, 0) is 9.53 Å². The first-order chi connectivity index (χ1) is 11.5. The van der Waals surface area contributed by atoms with E-state index in [-0.39, 0.29) is 12.4 Å². The van der Waals surface area contributed by atoms with Gasteiger partial charge in [0.15, 0.2) is 18.1 Å². The van der Waals surface area contributed by atoms with Gasteiger partial charge in [0, 0.05) is 6.54 Å². The first kappa shape index (κ1) is 17.6. The Morgan fingerprint density at radius 3 is 2.71 bits per heavy atom. The third-order valence-corrected chi connectivity index (χ3v) is 3.20. The molecule has 2 rings (SSSR count). The Bertz CT molecular complexity index is 629. The number of nitrogens with one attached hydrogen (secondary N) is 2. The maximum atomic E-state index is 11.9. The van der Waals surface area contributed by atoms with Gasteiger partial charge in [0.05, 0.1) is 5.56 Å². The molecule has 0 unspecified atom stereocenters. The van der Waals surface area contributed by atoms with E-state index in [2.05, 4.69) is 10.6 Å².